The summed E-state index contributed by atoms with van der Waals surface area (Å²) in [6, 6.07) is 15.3. The Bertz CT molecular complexity index is 1100. The van der Waals surface area contributed by atoms with Gasteiger partial charge in [-0.05, 0) is 36.0 Å². The normalized spacial score (nSPS) is 11.1. The maximum absolute atomic E-state index is 6.31. The molecule has 0 bridgehead atoms. The third kappa shape index (κ3) is 2.63. The number of rotatable bonds is 2. The zero-order valence-corrected chi connectivity index (χ0v) is 14.7. The molecule has 0 aliphatic rings. The molecule has 0 amide bonds. The summed E-state index contributed by atoms with van der Waals surface area (Å²) in [4.78, 5) is 7.74. The van der Waals surface area contributed by atoms with Gasteiger partial charge in [0.25, 0.3) is 0 Å². The maximum atomic E-state index is 6.31. The van der Waals surface area contributed by atoms with Crippen molar-refractivity contribution in [1.29, 1.82) is 0 Å². The van der Waals surface area contributed by atoms with Crippen LogP contribution in [0.5, 0.6) is 0 Å². The number of halogens is 2. The van der Waals surface area contributed by atoms with Gasteiger partial charge in [-0.25, -0.2) is 4.98 Å². The quantitative estimate of drug-likeness (QED) is 0.436. The Morgan fingerprint density at radius 1 is 0.958 bits per heavy atom. The molecule has 0 radical (unpaired) electrons. The Labute approximate surface area is 153 Å². The lowest BCUT2D eigenvalue weighted by Gasteiger charge is -2.04. The van der Waals surface area contributed by atoms with Crippen molar-refractivity contribution in [3.8, 4) is 22.4 Å². The van der Waals surface area contributed by atoms with Gasteiger partial charge in [0, 0.05) is 33.6 Å². The fourth-order valence-electron chi connectivity index (χ4n) is 2.66. The van der Waals surface area contributed by atoms with Crippen molar-refractivity contribution in [1.82, 2.24) is 14.4 Å². The lowest BCUT2D eigenvalue weighted by atomic mass is 10.1. The third-order valence-corrected chi connectivity index (χ3v) is 4.72. The van der Waals surface area contributed by atoms with E-state index in [4.69, 9.17) is 35.4 Å². The predicted molar refractivity (Wildman–Crippen MR) is 101 cm³/mol. The molecule has 0 atom stereocenters. The molecule has 24 heavy (non-hydrogen) atoms. The van der Waals surface area contributed by atoms with Crippen LogP contribution >= 0.6 is 35.4 Å². The Balaban J connectivity index is 1.98. The van der Waals surface area contributed by atoms with E-state index in [1.165, 1.54) is 0 Å². The minimum atomic E-state index is 0.484. The van der Waals surface area contributed by atoms with Crippen LogP contribution in [0.3, 0.4) is 0 Å². The summed E-state index contributed by atoms with van der Waals surface area (Å²) in [5.74, 6) is 0. The van der Waals surface area contributed by atoms with Gasteiger partial charge in [-0.2, -0.15) is 0 Å². The molecule has 4 aromatic rings. The number of fused-ring (bicyclic) bond motifs is 1. The first-order chi connectivity index (χ1) is 11.6. The third-order valence-electron chi connectivity index (χ3n) is 3.84. The first kappa shape index (κ1) is 15.4. The van der Waals surface area contributed by atoms with E-state index in [-0.39, 0.29) is 0 Å². The van der Waals surface area contributed by atoms with Gasteiger partial charge in [-0.15, -0.1) is 0 Å². The molecule has 0 aliphatic carbocycles. The fraction of sp³-hybridized carbons (Fsp3) is 0. The second kappa shape index (κ2) is 6.06. The number of benzene rings is 2. The van der Waals surface area contributed by atoms with E-state index < -0.39 is 0 Å². The van der Waals surface area contributed by atoms with Gasteiger partial charge in [-0.3, -0.25) is 4.40 Å². The van der Waals surface area contributed by atoms with Crippen LogP contribution in [0.2, 0.25) is 10.0 Å². The van der Waals surface area contributed by atoms with Gasteiger partial charge in [0.05, 0.1) is 5.69 Å². The molecule has 2 aromatic heterocycles. The molecule has 0 aliphatic heterocycles. The van der Waals surface area contributed by atoms with Crippen LogP contribution in [0.1, 0.15) is 0 Å². The minimum Gasteiger partial charge on any atom is -0.339 e. The van der Waals surface area contributed by atoms with Crippen LogP contribution in [0.25, 0.3) is 28.0 Å². The highest BCUT2D eigenvalue weighted by molar-refractivity contribution is 7.71. The summed E-state index contributed by atoms with van der Waals surface area (Å²) >= 11 is 17.7. The monoisotopic (exact) mass is 371 g/mol. The Kier molecular flexibility index (Phi) is 3.88. The lowest BCUT2D eigenvalue weighted by Crippen LogP contribution is -1.92. The Hall–Kier alpha value is -2.14. The number of hydrogen-bond donors (Lipinski definition) is 1. The Morgan fingerprint density at radius 3 is 2.46 bits per heavy atom. The molecule has 4 rings (SSSR count). The zero-order valence-electron chi connectivity index (χ0n) is 12.3. The van der Waals surface area contributed by atoms with Crippen molar-refractivity contribution >= 4 is 41.1 Å². The second-order valence-corrected chi connectivity index (χ2v) is 6.54. The first-order valence-corrected chi connectivity index (χ1v) is 8.41. The van der Waals surface area contributed by atoms with Crippen LogP contribution in [0.4, 0.5) is 0 Å². The SMILES string of the molecule is S=c1ncc(-c2ccc(Cl)cc2)c2[nH]c(-c3ccccc3Cl)cn12. The fourth-order valence-corrected chi connectivity index (χ4v) is 3.22. The van der Waals surface area contributed by atoms with Gasteiger partial charge >= 0.3 is 0 Å². The van der Waals surface area contributed by atoms with Crippen molar-refractivity contribution in [2.75, 3.05) is 0 Å². The van der Waals surface area contributed by atoms with Gasteiger partial charge in [0.1, 0.15) is 5.65 Å². The van der Waals surface area contributed by atoms with Crippen molar-refractivity contribution in [3.63, 3.8) is 0 Å². The zero-order chi connectivity index (χ0) is 16.7. The molecule has 2 aromatic carbocycles. The average molecular weight is 372 g/mol. The number of aromatic amines is 1. The van der Waals surface area contributed by atoms with E-state index in [9.17, 15) is 0 Å². The molecule has 0 spiro atoms. The van der Waals surface area contributed by atoms with Crippen LogP contribution in [0, 0.1) is 4.77 Å². The minimum absolute atomic E-state index is 0.484. The van der Waals surface area contributed by atoms with Crippen molar-refractivity contribution in [3.05, 3.63) is 75.7 Å². The molecule has 1 N–H and O–H groups in total. The predicted octanol–water partition coefficient (Wildman–Crippen LogP) is 6.03. The lowest BCUT2D eigenvalue weighted by molar-refractivity contribution is 1.06. The Morgan fingerprint density at radius 2 is 1.71 bits per heavy atom. The standard InChI is InChI=1S/C18H11Cl2N3S/c19-12-7-5-11(6-8-12)14-9-21-18(24)23-10-16(22-17(14)23)13-3-1-2-4-15(13)20/h1-10,22H. The van der Waals surface area contributed by atoms with Crippen LogP contribution in [0.15, 0.2) is 60.9 Å². The van der Waals surface area contributed by atoms with Crippen LogP contribution in [-0.4, -0.2) is 14.4 Å². The summed E-state index contributed by atoms with van der Waals surface area (Å²) in [5.41, 5.74) is 4.62. The van der Waals surface area contributed by atoms with Crippen LogP contribution < -0.4 is 0 Å². The molecule has 2 heterocycles. The average Bonchev–Trinajstić information content (AvgIpc) is 3.03. The number of aromatic nitrogens is 3. The second-order valence-electron chi connectivity index (χ2n) is 5.33. The molecule has 0 saturated heterocycles. The topological polar surface area (TPSA) is 33.1 Å². The molecule has 3 nitrogen and oxygen atoms in total. The summed E-state index contributed by atoms with van der Waals surface area (Å²) in [7, 11) is 0. The largest absolute Gasteiger partial charge is 0.339 e. The molecule has 0 saturated carbocycles. The van der Waals surface area contributed by atoms with E-state index >= 15 is 0 Å². The molecular formula is C18H11Cl2N3S. The van der Waals surface area contributed by atoms with E-state index in [1.807, 2.05) is 59.1 Å². The number of nitrogens with one attached hydrogen (secondary N) is 1. The first-order valence-electron chi connectivity index (χ1n) is 7.25. The van der Waals surface area contributed by atoms with Crippen molar-refractivity contribution in [2.45, 2.75) is 0 Å². The van der Waals surface area contributed by atoms with E-state index in [0.29, 0.717) is 14.8 Å². The van der Waals surface area contributed by atoms with E-state index in [0.717, 1.165) is 28.0 Å². The summed E-state index contributed by atoms with van der Waals surface area (Å²) < 4.78 is 2.34. The maximum Gasteiger partial charge on any atom is 0.205 e. The summed E-state index contributed by atoms with van der Waals surface area (Å²) in [6.07, 6.45) is 3.69. The summed E-state index contributed by atoms with van der Waals surface area (Å²) in [6.45, 7) is 0. The summed E-state index contributed by atoms with van der Waals surface area (Å²) in [5, 5.41) is 1.37. The molecule has 6 heteroatoms. The molecule has 118 valence electrons. The number of imidazole rings is 1. The number of nitrogens with zero attached hydrogens (tertiary/aromatic N) is 2. The van der Waals surface area contributed by atoms with E-state index in [1.54, 1.807) is 6.20 Å². The van der Waals surface area contributed by atoms with Gasteiger partial charge < -0.3 is 4.98 Å². The van der Waals surface area contributed by atoms with Crippen LogP contribution in [-0.2, 0) is 0 Å². The molecule has 0 fully saturated rings. The number of H-pyrrole nitrogens is 1. The van der Waals surface area contributed by atoms with Gasteiger partial charge in [0.15, 0.2) is 0 Å². The molecular weight excluding hydrogens is 361 g/mol. The van der Waals surface area contributed by atoms with Crippen molar-refractivity contribution < 1.29 is 0 Å². The highest BCUT2D eigenvalue weighted by Crippen LogP contribution is 2.30. The highest BCUT2D eigenvalue weighted by Gasteiger charge is 2.11. The highest BCUT2D eigenvalue weighted by atomic mass is 35.5. The van der Waals surface area contributed by atoms with Gasteiger partial charge in [0.2, 0.25) is 4.77 Å². The molecule has 0 unspecified atom stereocenters. The number of hydrogen-bond acceptors (Lipinski definition) is 2. The van der Waals surface area contributed by atoms with Crippen molar-refractivity contribution in [2.24, 2.45) is 0 Å². The van der Waals surface area contributed by atoms with E-state index in [2.05, 4.69) is 9.97 Å². The smallest absolute Gasteiger partial charge is 0.205 e. The van der Waals surface area contributed by atoms with Gasteiger partial charge in [-0.1, -0.05) is 53.5 Å².